The lowest BCUT2D eigenvalue weighted by Crippen LogP contribution is -2.13. The molecule has 0 saturated carbocycles. The third kappa shape index (κ3) is 4.44. The van der Waals surface area contributed by atoms with Crippen molar-refractivity contribution in [3.8, 4) is 0 Å². The van der Waals surface area contributed by atoms with Crippen LogP contribution in [0, 0.1) is 0 Å². The van der Waals surface area contributed by atoms with Gasteiger partial charge in [-0.25, -0.2) is 13.4 Å². The van der Waals surface area contributed by atoms with Crippen LogP contribution < -0.4 is 10.0 Å². The molecule has 0 amide bonds. The number of hydrogen-bond donors (Lipinski definition) is 2. The van der Waals surface area contributed by atoms with Crippen LogP contribution in [0.2, 0.25) is 0 Å². The summed E-state index contributed by atoms with van der Waals surface area (Å²) in [7, 11) is -3.62. The van der Waals surface area contributed by atoms with Gasteiger partial charge in [-0.3, -0.25) is 4.72 Å². The molecule has 2 rings (SSSR count). The Morgan fingerprint density at radius 3 is 2.43 bits per heavy atom. The highest BCUT2D eigenvalue weighted by molar-refractivity contribution is 9.10. The van der Waals surface area contributed by atoms with Crippen molar-refractivity contribution in [3.63, 3.8) is 0 Å². The van der Waals surface area contributed by atoms with Gasteiger partial charge in [0.25, 0.3) is 10.0 Å². The van der Waals surface area contributed by atoms with Gasteiger partial charge in [-0.2, -0.15) is 0 Å². The van der Waals surface area contributed by atoms with E-state index in [1.807, 2.05) is 0 Å². The van der Waals surface area contributed by atoms with Gasteiger partial charge in [0.15, 0.2) is 0 Å². The van der Waals surface area contributed by atoms with Crippen molar-refractivity contribution in [2.45, 2.75) is 18.2 Å². The van der Waals surface area contributed by atoms with E-state index in [9.17, 15) is 8.42 Å². The Labute approximate surface area is 133 Å². The van der Waals surface area contributed by atoms with E-state index >= 15 is 0 Å². The second-order valence-electron chi connectivity index (χ2n) is 4.42. The van der Waals surface area contributed by atoms with Crippen molar-refractivity contribution >= 4 is 37.5 Å². The van der Waals surface area contributed by atoms with E-state index in [-0.39, 0.29) is 10.7 Å². The molecule has 7 heteroatoms. The van der Waals surface area contributed by atoms with Crippen LogP contribution in [-0.2, 0) is 10.0 Å². The van der Waals surface area contributed by atoms with Crippen LogP contribution in [-0.4, -0.2) is 19.9 Å². The molecule has 1 aromatic heterocycles. The lowest BCUT2D eigenvalue weighted by atomic mass is 10.3. The largest absolute Gasteiger partial charge is 0.385 e. The second-order valence-corrected chi connectivity index (χ2v) is 7.02. The predicted octanol–water partition coefficient (Wildman–Crippen LogP) is 3.47. The number of hydrogen-bond acceptors (Lipinski definition) is 4. The fourth-order valence-corrected chi connectivity index (χ4v) is 2.90. The van der Waals surface area contributed by atoms with Gasteiger partial charge in [-0.1, -0.05) is 6.92 Å². The number of benzene rings is 1. The van der Waals surface area contributed by atoms with Crippen LogP contribution in [0.1, 0.15) is 13.3 Å². The first-order valence-corrected chi connectivity index (χ1v) is 8.77. The van der Waals surface area contributed by atoms with Crippen molar-refractivity contribution in [2.75, 3.05) is 16.6 Å². The molecule has 2 N–H and O–H groups in total. The summed E-state index contributed by atoms with van der Waals surface area (Å²) in [5.41, 5.74) is 0.901. The van der Waals surface area contributed by atoms with E-state index < -0.39 is 10.0 Å². The lowest BCUT2D eigenvalue weighted by Gasteiger charge is -2.09. The van der Waals surface area contributed by atoms with Gasteiger partial charge in [0.1, 0.15) is 5.82 Å². The van der Waals surface area contributed by atoms with Gasteiger partial charge >= 0.3 is 0 Å². The molecule has 2 aromatic rings. The Bertz CT molecular complexity index is 685. The minimum Gasteiger partial charge on any atom is -0.385 e. The van der Waals surface area contributed by atoms with Gasteiger partial charge < -0.3 is 5.32 Å². The predicted molar refractivity (Wildman–Crippen MR) is 88.0 cm³/mol. The van der Waals surface area contributed by atoms with Crippen molar-refractivity contribution < 1.29 is 8.42 Å². The average molecular weight is 370 g/mol. The molecule has 0 atom stereocenters. The Morgan fingerprint density at radius 1 is 1.14 bits per heavy atom. The van der Waals surface area contributed by atoms with Crippen LogP contribution in [0.5, 0.6) is 0 Å². The highest BCUT2D eigenvalue weighted by Crippen LogP contribution is 2.18. The summed E-state index contributed by atoms with van der Waals surface area (Å²) in [6.07, 6.45) is 2.55. The zero-order chi connectivity index (χ0) is 15.3. The molecule has 0 aliphatic heterocycles. The average Bonchev–Trinajstić information content (AvgIpc) is 2.48. The molecule has 5 nitrogen and oxygen atoms in total. The molecule has 1 heterocycles. The summed E-state index contributed by atoms with van der Waals surface area (Å²) in [5, 5.41) is 3.20. The number of sulfonamides is 1. The Kier molecular flexibility index (Phi) is 5.19. The molecule has 0 radical (unpaired) electrons. The number of rotatable bonds is 6. The molecule has 0 aliphatic carbocycles. The summed E-state index contributed by atoms with van der Waals surface area (Å²) in [6.45, 7) is 2.92. The van der Waals surface area contributed by atoms with E-state index in [1.54, 1.807) is 36.4 Å². The Hall–Kier alpha value is -1.60. The summed E-state index contributed by atoms with van der Waals surface area (Å²) < 4.78 is 27.7. The van der Waals surface area contributed by atoms with E-state index in [0.29, 0.717) is 0 Å². The number of aromatic nitrogens is 1. The van der Waals surface area contributed by atoms with Crippen LogP contribution in [0.15, 0.2) is 52.0 Å². The quantitative estimate of drug-likeness (QED) is 0.817. The highest BCUT2D eigenvalue weighted by Gasteiger charge is 2.14. The molecule has 0 bridgehead atoms. The molecule has 112 valence electrons. The highest BCUT2D eigenvalue weighted by atomic mass is 79.9. The molecule has 0 saturated heterocycles. The first-order valence-electron chi connectivity index (χ1n) is 6.49. The minimum atomic E-state index is -3.62. The number of halogens is 1. The Balaban J connectivity index is 2.13. The monoisotopic (exact) mass is 369 g/mol. The van der Waals surface area contributed by atoms with Crippen LogP contribution in [0.3, 0.4) is 0 Å². The van der Waals surface area contributed by atoms with Gasteiger partial charge in [0, 0.05) is 22.9 Å². The van der Waals surface area contributed by atoms with Gasteiger partial charge in [-0.15, -0.1) is 0 Å². The number of pyridine rings is 1. The van der Waals surface area contributed by atoms with Crippen LogP contribution >= 0.6 is 15.9 Å². The van der Waals surface area contributed by atoms with Crippen molar-refractivity contribution in [1.29, 1.82) is 0 Å². The van der Waals surface area contributed by atoms with Crippen LogP contribution in [0.4, 0.5) is 11.5 Å². The van der Waals surface area contributed by atoms with Gasteiger partial charge in [-0.05, 0) is 58.7 Å². The zero-order valence-electron chi connectivity index (χ0n) is 11.5. The standard InChI is InChI=1S/C14H16BrN3O2S/c1-2-9-16-12-4-6-13(7-5-12)21(19,20)18-14-8-3-11(15)10-17-14/h3-8,10,16H,2,9H2,1H3,(H,17,18). The Morgan fingerprint density at radius 2 is 1.86 bits per heavy atom. The third-order valence-electron chi connectivity index (χ3n) is 2.71. The first-order chi connectivity index (χ1) is 10.0. The molecular formula is C14H16BrN3O2S. The lowest BCUT2D eigenvalue weighted by molar-refractivity contribution is 0.601. The molecule has 0 unspecified atom stereocenters. The van der Waals surface area contributed by atoms with Crippen molar-refractivity contribution in [2.24, 2.45) is 0 Å². The van der Waals surface area contributed by atoms with Gasteiger partial charge in [0.05, 0.1) is 4.90 Å². The summed E-state index contributed by atoms with van der Waals surface area (Å²) in [5.74, 6) is 0.284. The van der Waals surface area contributed by atoms with E-state index in [2.05, 4.69) is 37.9 Å². The van der Waals surface area contributed by atoms with Gasteiger partial charge in [0.2, 0.25) is 0 Å². The van der Waals surface area contributed by atoms with Crippen molar-refractivity contribution in [3.05, 3.63) is 47.1 Å². The summed E-state index contributed by atoms with van der Waals surface area (Å²) in [4.78, 5) is 4.20. The summed E-state index contributed by atoms with van der Waals surface area (Å²) in [6, 6.07) is 9.96. The SMILES string of the molecule is CCCNc1ccc(S(=O)(=O)Nc2ccc(Br)cn2)cc1. The molecule has 1 aromatic carbocycles. The fourth-order valence-electron chi connectivity index (χ4n) is 1.65. The van der Waals surface area contributed by atoms with Crippen molar-refractivity contribution in [1.82, 2.24) is 4.98 Å². The maximum atomic E-state index is 12.2. The number of nitrogens with one attached hydrogen (secondary N) is 2. The zero-order valence-corrected chi connectivity index (χ0v) is 13.9. The normalized spacial score (nSPS) is 11.1. The molecular weight excluding hydrogens is 354 g/mol. The van der Waals surface area contributed by atoms with E-state index in [1.165, 1.54) is 6.20 Å². The second kappa shape index (κ2) is 6.91. The molecule has 0 aliphatic rings. The maximum absolute atomic E-state index is 12.2. The molecule has 0 fully saturated rings. The summed E-state index contributed by atoms with van der Waals surface area (Å²) >= 11 is 3.25. The number of anilines is 2. The number of nitrogens with zero attached hydrogens (tertiary/aromatic N) is 1. The van der Waals surface area contributed by atoms with E-state index in [0.717, 1.165) is 23.1 Å². The smallest absolute Gasteiger partial charge is 0.263 e. The topological polar surface area (TPSA) is 71.1 Å². The maximum Gasteiger partial charge on any atom is 0.263 e. The van der Waals surface area contributed by atoms with Crippen LogP contribution in [0.25, 0.3) is 0 Å². The fraction of sp³-hybridized carbons (Fsp3) is 0.214. The molecule has 21 heavy (non-hydrogen) atoms. The minimum absolute atomic E-state index is 0.203. The third-order valence-corrected chi connectivity index (χ3v) is 4.55. The first kappa shape index (κ1) is 15.8. The molecule has 0 spiro atoms. The van der Waals surface area contributed by atoms with E-state index in [4.69, 9.17) is 0 Å².